The predicted molar refractivity (Wildman–Crippen MR) is 105 cm³/mol. The van der Waals surface area contributed by atoms with Crippen molar-refractivity contribution in [3.05, 3.63) is 76.4 Å². The molecule has 0 fully saturated rings. The van der Waals surface area contributed by atoms with Gasteiger partial charge in [0.2, 0.25) is 0 Å². The molecule has 1 aliphatic rings. The van der Waals surface area contributed by atoms with E-state index in [1.54, 1.807) is 0 Å². The molecule has 138 valence electrons. The summed E-state index contributed by atoms with van der Waals surface area (Å²) in [5.41, 5.74) is 5.40. The van der Waals surface area contributed by atoms with Crippen molar-refractivity contribution in [1.82, 2.24) is 14.7 Å². The maximum absolute atomic E-state index is 11.4. The summed E-state index contributed by atoms with van der Waals surface area (Å²) in [7, 11) is 0. The minimum atomic E-state index is -0.870. The van der Waals surface area contributed by atoms with Crippen LogP contribution in [-0.4, -0.2) is 39.0 Å². The number of rotatable bonds is 3. The van der Waals surface area contributed by atoms with E-state index in [0.717, 1.165) is 22.5 Å². The van der Waals surface area contributed by atoms with Gasteiger partial charge in [0.05, 0.1) is 17.9 Å². The van der Waals surface area contributed by atoms with Crippen molar-refractivity contribution in [1.29, 1.82) is 0 Å². The molecule has 0 saturated carbocycles. The van der Waals surface area contributed by atoms with Crippen LogP contribution in [0.4, 0.5) is 4.79 Å². The number of hydrogen-bond donors (Lipinski definition) is 1. The molecule has 0 unspecified atom stereocenters. The standard InChI is InChI=1S/C21H20ClN3O2/c22-17-8-6-16(7-9-17)20-18-10-12-24(21(26)27)13-11-19(18)23-25(20)14-15-4-2-1-3-5-15/h1-9H,10-14H2,(H,26,27). The van der Waals surface area contributed by atoms with Gasteiger partial charge in [0.1, 0.15) is 0 Å². The molecule has 1 N–H and O–H groups in total. The molecule has 2 heterocycles. The van der Waals surface area contributed by atoms with Gasteiger partial charge in [-0.1, -0.05) is 54.1 Å². The van der Waals surface area contributed by atoms with Gasteiger partial charge in [-0.15, -0.1) is 0 Å². The van der Waals surface area contributed by atoms with E-state index < -0.39 is 6.09 Å². The average Bonchev–Trinajstić information content (AvgIpc) is 2.86. The molecule has 0 saturated heterocycles. The summed E-state index contributed by atoms with van der Waals surface area (Å²) in [5.74, 6) is 0. The zero-order chi connectivity index (χ0) is 18.8. The highest BCUT2D eigenvalue weighted by Gasteiger charge is 2.25. The number of benzene rings is 2. The van der Waals surface area contributed by atoms with Gasteiger partial charge in [0, 0.05) is 35.7 Å². The maximum atomic E-state index is 11.4. The fourth-order valence-corrected chi connectivity index (χ4v) is 3.73. The number of carboxylic acid groups (broad SMARTS) is 1. The van der Waals surface area contributed by atoms with Crippen molar-refractivity contribution in [2.45, 2.75) is 19.4 Å². The fourth-order valence-electron chi connectivity index (χ4n) is 3.60. The molecule has 1 amide bonds. The summed E-state index contributed by atoms with van der Waals surface area (Å²) >= 11 is 6.07. The van der Waals surface area contributed by atoms with E-state index in [0.29, 0.717) is 37.5 Å². The normalized spacial score (nSPS) is 13.9. The first kappa shape index (κ1) is 17.6. The van der Waals surface area contributed by atoms with Crippen LogP contribution < -0.4 is 0 Å². The number of hydrogen-bond acceptors (Lipinski definition) is 2. The number of amides is 1. The second-order valence-corrected chi connectivity index (χ2v) is 7.13. The van der Waals surface area contributed by atoms with Crippen molar-refractivity contribution < 1.29 is 9.90 Å². The van der Waals surface area contributed by atoms with Gasteiger partial charge in [-0.2, -0.15) is 5.10 Å². The van der Waals surface area contributed by atoms with Crippen LogP contribution in [0.2, 0.25) is 5.02 Å². The van der Waals surface area contributed by atoms with Gasteiger partial charge in [0.25, 0.3) is 0 Å². The third-order valence-electron chi connectivity index (χ3n) is 4.95. The molecular weight excluding hydrogens is 362 g/mol. The minimum Gasteiger partial charge on any atom is -0.465 e. The zero-order valence-electron chi connectivity index (χ0n) is 14.8. The Morgan fingerprint density at radius 1 is 1.04 bits per heavy atom. The van der Waals surface area contributed by atoms with Crippen molar-refractivity contribution in [3.8, 4) is 11.3 Å². The average molecular weight is 382 g/mol. The zero-order valence-corrected chi connectivity index (χ0v) is 15.6. The van der Waals surface area contributed by atoms with Crippen LogP contribution in [0.3, 0.4) is 0 Å². The summed E-state index contributed by atoms with van der Waals surface area (Å²) in [4.78, 5) is 12.8. The third-order valence-corrected chi connectivity index (χ3v) is 5.20. The van der Waals surface area contributed by atoms with Gasteiger partial charge >= 0.3 is 6.09 Å². The Morgan fingerprint density at radius 2 is 1.74 bits per heavy atom. The van der Waals surface area contributed by atoms with E-state index in [4.69, 9.17) is 16.7 Å². The van der Waals surface area contributed by atoms with Crippen LogP contribution in [0.5, 0.6) is 0 Å². The SMILES string of the molecule is O=C(O)N1CCc2nn(Cc3ccccc3)c(-c3ccc(Cl)cc3)c2CC1. The van der Waals surface area contributed by atoms with Crippen molar-refractivity contribution >= 4 is 17.7 Å². The van der Waals surface area contributed by atoms with E-state index in [1.165, 1.54) is 10.5 Å². The second kappa shape index (κ2) is 7.45. The van der Waals surface area contributed by atoms with E-state index in [-0.39, 0.29) is 0 Å². The lowest BCUT2D eigenvalue weighted by atomic mass is 10.0. The largest absolute Gasteiger partial charge is 0.465 e. The molecule has 6 heteroatoms. The molecule has 0 radical (unpaired) electrons. The highest BCUT2D eigenvalue weighted by Crippen LogP contribution is 2.30. The summed E-state index contributed by atoms with van der Waals surface area (Å²) in [6, 6.07) is 18.0. The molecule has 3 aromatic rings. The monoisotopic (exact) mass is 381 g/mol. The van der Waals surface area contributed by atoms with Crippen LogP contribution in [0, 0.1) is 0 Å². The van der Waals surface area contributed by atoms with Crippen molar-refractivity contribution in [3.63, 3.8) is 0 Å². The molecule has 1 aromatic heterocycles. The van der Waals surface area contributed by atoms with E-state index in [1.807, 2.05) is 47.1 Å². The quantitative estimate of drug-likeness (QED) is 0.734. The Kier molecular flexibility index (Phi) is 4.86. The number of aromatic nitrogens is 2. The Hall–Kier alpha value is -2.79. The lowest BCUT2D eigenvalue weighted by Crippen LogP contribution is -2.31. The summed E-state index contributed by atoms with van der Waals surface area (Å²) < 4.78 is 2.04. The van der Waals surface area contributed by atoms with Crippen LogP contribution >= 0.6 is 11.6 Å². The molecule has 4 rings (SSSR count). The summed E-state index contributed by atoms with van der Waals surface area (Å²) in [6.07, 6.45) is 0.420. The Labute approximate surface area is 162 Å². The van der Waals surface area contributed by atoms with Crippen molar-refractivity contribution in [2.24, 2.45) is 0 Å². The molecule has 0 bridgehead atoms. The first-order chi connectivity index (χ1) is 13.1. The van der Waals surface area contributed by atoms with E-state index in [9.17, 15) is 9.90 Å². The second-order valence-electron chi connectivity index (χ2n) is 6.69. The smallest absolute Gasteiger partial charge is 0.407 e. The molecule has 27 heavy (non-hydrogen) atoms. The molecule has 0 aliphatic carbocycles. The Balaban J connectivity index is 1.77. The van der Waals surface area contributed by atoms with Gasteiger partial charge in [-0.25, -0.2) is 4.79 Å². The number of fused-ring (bicyclic) bond motifs is 1. The van der Waals surface area contributed by atoms with Crippen molar-refractivity contribution in [2.75, 3.05) is 13.1 Å². The van der Waals surface area contributed by atoms with Crippen LogP contribution in [-0.2, 0) is 19.4 Å². The third kappa shape index (κ3) is 3.69. The van der Waals surface area contributed by atoms with E-state index >= 15 is 0 Å². The maximum Gasteiger partial charge on any atom is 0.407 e. The highest BCUT2D eigenvalue weighted by atomic mass is 35.5. The summed E-state index contributed by atoms with van der Waals surface area (Å²) in [5, 5.41) is 14.9. The highest BCUT2D eigenvalue weighted by molar-refractivity contribution is 6.30. The molecule has 5 nitrogen and oxygen atoms in total. The number of carbonyl (C=O) groups is 1. The molecular formula is C21H20ClN3O2. The first-order valence-electron chi connectivity index (χ1n) is 8.98. The predicted octanol–water partition coefficient (Wildman–Crippen LogP) is 4.33. The van der Waals surface area contributed by atoms with Crippen LogP contribution in [0.25, 0.3) is 11.3 Å². The molecule has 1 aliphatic heterocycles. The van der Waals surface area contributed by atoms with Gasteiger partial charge in [0.15, 0.2) is 0 Å². The number of nitrogens with zero attached hydrogens (tertiary/aromatic N) is 3. The van der Waals surface area contributed by atoms with E-state index in [2.05, 4.69) is 12.1 Å². The number of halogens is 1. The lowest BCUT2D eigenvalue weighted by Gasteiger charge is -2.16. The van der Waals surface area contributed by atoms with Gasteiger partial charge < -0.3 is 10.0 Å². The first-order valence-corrected chi connectivity index (χ1v) is 9.36. The molecule has 0 spiro atoms. The lowest BCUT2D eigenvalue weighted by molar-refractivity contribution is 0.147. The summed E-state index contributed by atoms with van der Waals surface area (Å²) in [6.45, 7) is 1.64. The fraction of sp³-hybridized carbons (Fsp3) is 0.238. The molecule has 0 atom stereocenters. The Bertz CT molecular complexity index is 952. The molecule has 2 aromatic carbocycles. The van der Waals surface area contributed by atoms with Gasteiger partial charge in [-0.05, 0) is 24.1 Å². The Morgan fingerprint density at radius 3 is 2.44 bits per heavy atom. The van der Waals surface area contributed by atoms with Crippen LogP contribution in [0.15, 0.2) is 54.6 Å². The van der Waals surface area contributed by atoms with Crippen LogP contribution in [0.1, 0.15) is 16.8 Å². The minimum absolute atomic E-state index is 0.477. The topological polar surface area (TPSA) is 58.4 Å². The van der Waals surface area contributed by atoms with Gasteiger partial charge in [-0.3, -0.25) is 4.68 Å².